The maximum absolute atomic E-state index is 11.5. The third-order valence-electron chi connectivity index (χ3n) is 9.39. The van der Waals surface area contributed by atoms with E-state index < -0.39 is 0 Å². The third-order valence-corrected chi connectivity index (χ3v) is 12.5. The second-order valence-electron chi connectivity index (χ2n) is 15.5. The molecular weight excluding hydrogens is 649 g/mol. The van der Waals surface area contributed by atoms with Crippen LogP contribution in [0.1, 0.15) is 125 Å². The maximum Gasteiger partial charge on any atom is 0.135 e. The van der Waals surface area contributed by atoms with Crippen molar-refractivity contribution in [2.24, 2.45) is 0 Å². The monoisotopic (exact) mass is 700 g/mol. The first-order valence-electron chi connectivity index (χ1n) is 18.0. The molecule has 0 radical (unpaired) electrons. The van der Waals surface area contributed by atoms with Crippen LogP contribution in [0.4, 0.5) is 0 Å². The van der Waals surface area contributed by atoms with E-state index in [2.05, 4.69) is 89.5 Å². The van der Waals surface area contributed by atoms with Gasteiger partial charge in [0.25, 0.3) is 0 Å². The zero-order valence-electron chi connectivity index (χ0n) is 30.6. The average Bonchev–Trinajstić information content (AvgIpc) is 3.07. The van der Waals surface area contributed by atoms with Gasteiger partial charge in [0.2, 0.25) is 0 Å². The minimum absolute atomic E-state index is 0.0666. The Labute approximate surface area is 309 Å². The Morgan fingerprint density at radius 2 is 0.920 bits per heavy atom. The van der Waals surface area contributed by atoms with Gasteiger partial charge in [0.05, 0.1) is 11.1 Å². The Morgan fingerprint density at radius 3 is 1.28 bits per heavy atom. The number of thioether (sulfide) groups is 2. The lowest BCUT2D eigenvalue weighted by Gasteiger charge is -2.29. The van der Waals surface area contributed by atoms with Gasteiger partial charge in [0, 0.05) is 44.3 Å². The molecule has 0 spiro atoms. The number of rotatable bonds is 6. The van der Waals surface area contributed by atoms with Gasteiger partial charge in [-0.05, 0) is 71.2 Å². The van der Waals surface area contributed by atoms with E-state index in [9.17, 15) is 10.2 Å². The molecule has 0 aromatic heterocycles. The van der Waals surface area contributed by atoms with Crippen LogP contribution in [-0.2, 0) is 22.3 Å². The predicted octanol–water partition coefficient (Wildman–Crippen LogP) is 11.8. The Kier molecular flexibility index (Phi) is 12.8. The van der Waals surface area contributed by atoms with Crippen LogP contribution in [0.5, 0.6) is 11.5 Å². The van der Waals surface area contributed by atoms with E-state index in [4.69, 9.17) is 0 Å². The molecule has 0 saturated heterocycles. The van der Waals surface area contributed by atoms with Crippen LogP contribution in [0.25, 0.3) is 0 Å². The summed E-state index contributed by atoms with van der Waals surface area (Å²) in [6, 6.07) is 28.4. The van der Waals surface area contributed by atoms with Gasteiger partial charge in [-0.1, -0.05) is 139 Å². The van der Waals surface area contributed by atoms with Crippen molar-refractivity contribution in [2.45, 2.75) is 113 Å². The topological polar surface area (TPSA) is 40.5 Å². The molecule has 1 unspecified atom stereocenters. The molecule has 0 heterocycles. The van der Waals surface area contributed by atoms with Gasteiger partial charge in [-0.15, -0.1) is 0 Å². The summed E-state index contributed by atoms with van der Waals surface area (Å²) < 4.78 is 0. The van der Waals surface area contributed by atoms with Crippen LogP contribution < -0.4 is 0 Å². The molecular formula is C46H52O2S2. The zero-order valence-corrected chi connectivity index (χ0v) is 32.2. The predicted molar refractivity (Wildman–Crippen MR) is 216 cm³/mol. The van der Waals surface area contributed by atoms with E-state index >= 15 is 0 Å². The van der Waals surface area contributed by atoms with Crippen molar-refractivity contribution < 1.29 is 10.2 Å². The number of phenolic OH excluding ortho intramolecular Hbond substituents is 2. The highest BCUT2D eigenvalue weighted by atomic mass is 32.2. The Hall–Kier alpha value is -3.70. The van der Waals surface area contributed by atoms with Crippen molar-refractivity contribution in [2.75, 3.05) is 0 Å². The van der Waals surface area contributed by atoms with Gasteiger partial charge in [-0.25, -0.2) is 0 Å². The summed E-state index contributed by atoms with van der Waals surface area (Å²) in [6.07, 6.45) is 7.31. The minimum Gasteiger partial charge on any atom is -0.506 e. The fraction of sp³-hybridized carbons (Fsp3) is 0.391. The van der Waals surface area contributed by atoms with Crippen molar-refractivity contribution in [3.63, 3.8) is 0 Å². The van der Waals surface area contributed by atoms with Crippen molar-refractivity contribution in [3.05, 3.63) is 129 Å². The molecule has 2 nitrogen and oxygen atoms in total. The summed E-state index contributed by atoms with van der Waals surface area (Å²) >= 11 is 3.96. The average molecular weight is 701 g/mol. The molecule has 1 fully saturated rings. The molecule has 0 bridgehead atoms. The van der Waals surface area contributed by atoms with E-state index in [-0.39, 0.29) is 10.8 Å². The maximum atomic E-state index is 11.5. The lowest BCUT2D eigenvalue weighted by molar-refractivity contribution is 0.466. The van der Waals surface area contributed by atoms with E-state index in [0.717, 1.165) is 46.6 Å². The quantitative estimate of drug-likeness (QED) is 0.196. The SMILES string of the molecule is CC(C)(C)c1cc(C#Cc2ccccc2)c(O)c(CSC2CCCCCC[C@@H]2SCc2cc(C(C)(C)C)cc(C#Cc3ccccc3)c2O)c1. The zero-order chi connectivity index (χ0) is 35.7. The molecule has 1 aliphatic carbocycles. The van der Waals surface area contributed by atoms with E-state index in [1.165, 1.54) is 36.8 Å². The van der Waals surface area contributed by atoms with Crippen LogP contribution in [0.3, 0.4) is 0 Å². The van der Waals surface area contributed by atoms with Gasteiger partial charge in [-0.3, -0.25) is 0 Å². The molecule has 0 amide bonds. The highest BCUT2D eigenvalue weighted by Gasteiger charge is 2.27. The lowest BCUT2D eigenvalue weighted by Crippen LogP contribution is -2.22. The molecule has 5 rings (SSSR count). The van der Waals surface area contributed by atoms with Crippen molar-refractivity contribution >= 4 is 23.5 Å². The van der Waals surface area contributed by atoms with Crippen LogP contribution in [0, 0.1) is 23.7 Å². The van der Waals surface area contributed by atoms with E-state index in [0.29, 0.717) is 33.1 Å². The van der Waals surface area contributed by atoms with Crippen LogP contribution in [0.2, 0.25) is 0 Å². The third kappa shape index (κ3) is 10.4. The Bertz CT molecular complexity index is 1720. The van der Waals surface area contributed by atoms with Gasteiger partial charge in [0.15, 0.2) is 0 Å². The number of phenols is 2. The summed E-state index contributed by atoms with van der Waals surface area (Å²) in [7, 11) is 0. The van der Waals surface area contributed by atoms with Gasteiger partial charge < -0.3 is 10.2 Å². The second kappa shape index (κ2) is 17.0. The van der Waals surface area contributed by atoms with Crippen LogP contribution in [0.15, 0.2) is 84.9 Å². The fourth-order valence-electron chi connectivity index (χ4n) is 6.18. The fourth-order valence-corrected chi connectivity index (χ4v) is 9.25. The Balaban J connectivity index is 1.39. The first-order valence-corrected chi connectivity index (χ1v) is 20.1. The Morgan fingerprint density at radius 1 is 0.540 bits per heavy atom. The van der Waals surface area contributed by atoms with E-state index in [1.54, 1.807) is 0 Å². The minimum atomic E-state index is -0.0666. The molecule has 2 N–H and O–H groups in total. The number of hydrogen-bond acceptors (Lipinski definition) is 4. The smallest absolute Gasteiger partial charge is 0.135 e. The molecule has 1 aliphatic rings. The van der Waals surface area contributed by atoms with Crippen LogP contribution >= 0.6 is 23.5 Å². The first-order chi connectivity index (χ1) is 23.9. The second-order valence-corrected chi connectivity index (χ2v) is 17.9. The number of aromatic hydroxyl groups is 2. The largest absolute Gasteiger partial charge is 0.506 e. The van der Waals surface area contributed by atoms with Crippen LogP contribution in [-0.4, -0.2) is 20.7 Å². The lowest BCUT2D eigenvalue weighted by atomic mass is 9.85. The van der Waals surface area contributed by atoms with Crippen molar-refractivity contribution in [1.82, 2.24) is 0 Å². The highest BCUT2D eigenvalue weighted by Crippen LogP contribution is 2.41. The summed E-state index contributed by atoms with van der Waals surface area (Å²) in [5.41, 5.74) is 7.43. The number of hydrogen-bond donors (Lipinski definition) is 2. The molecule has 1 saturated carbocycles. The molecule has 2 atom stereocenters. The molecule has 50 heavy (non-hydrogen) atoms. The summed E-state index contributed by atoms with van der Waals surface area (Å²) in [6.45, 7) is 13.3. The van der Waals surface area contributed by atoms with Gasteiger partial charge in [-0.2, -0.15) is 23.5 Å². The van der Waals surface area contributed by atoms with E-state index in [1.807, 2.05) is 84.2 Å². The molecule has 260 valence electrons. The normalized spacial score (nSPS) is 16.7. The first kappa shape index (κ1) is 37.6. The summed E-state index contributed by atoms with van der Waals surface area (Å²) in [5, 5.41) is 23.9. The molecule has 0 aliphatic heterocycles. The highest BCUT2D eigenvalue weighted by molar-refractivity contribution is 8.03. The van der Waals surface area contributed by atoms with Crippen molar-refractivity contribution in [3.8, 4) is 35.2 Å². The van der Waals surface area contributed by atoms with Gasteiger partial charge >= 0.3 is 0 Å². The summed E-state index contributed by atoms with van der Waals surface area (Å²) in [5.74, 6) is 15.2. The molecule has 4 heteroatoms. The molecule has 4 aromatic carbocycles. The van der Waals surface area contributed by atoms with Crippen molar-refractivity contribution in [1.29, 1.82) is 0 Å². The standard InChI is InChI=1S/C46H52O2S2/c1-45(2,3)39-27-35(25-23-33-17-11-9-12-18-33)43(47)37(29-39)31-49-41-21-15-7-8-16-22-42(41)50-32-38-30-40(46(4,5)6)28-36(44(38)48)26-24-34-19-13-10-14-20-34/h9-14,17-20,27-30,41-42,47-48H,7-8,15-16,21-22,31-32H2,1-6H3/t41-,42?/m0/s1. The number of benzene rings is 4. The summed E-state index contributed by atoms with van der Waals surface area (Å²) in [4.78, 5) is 0. The molecule has 4 aromatic rings. The van der Waals surface area contributed by atoms with Gasteiger partial charge in [0.1, 0.15) is 11.5 Å².